The van der Waals surface area contributed by atoms with Crippen LogP contribution in [0.15, 0.2) is 47.6 Å². The number of nitrogens with one attached hydrogen (secondary N) is 2. The van der Waals surface area contributed by atoms with E-state index in [1.807, 2.05) is 0 Å². The molecule has 2 heterocycles. The van der Waals surface area contributed by atoms with Gasteiger partial charge in [0.2, 0.25) is 0 Å². The van der Waals surface area contributed by atoms with Gasteiger partial charge in [-0.3, -0.25) is 24.6 Å². The van der Waals surface area contributed by atoms with Gasteiger partial charge in [-0.2, -0.15) is 0 Å². The summed E-state index contributed by atoms with van der Waals surface area (Å²) >= 11 is 1.24. The van der Waals surface area contributed by atoms with Crippen LogP contribution in [0, 0.1) is 17.0 Å². The largest absolute Gasteiger partial charge is 0.320 e. The minimum Gasteiger partial charge on any atom is -0.320 e. The summed E-state index contributed by atoms with van der Waals surface area (Å²) in [5, 5.41) is 14.1. The van der Waals surface area contributed by atoms with E-state index in [9.17, 15) is 23.3 Å². The number of amides is 1. The minimum absolute atomic E-state index is 0.198. The predicted molar refractivity (Wildman–Crippen MR) is 122 cm³/mol. The van der Waals surface area contributed by atoms with Gasteiger partial charge in [0.25, 0.3) is 21.6 Å². The number of hydrogen-bond donors (Lipinski definition) is 2. The maximum absolute atomic E-state index is 13.2. The standard InChI is InChI=1S/C21H20N4O5S2/c1-13-8-9-15(25(27)28)11-18(13)32(29,30)24-21-19(16-6-2-3-7-17(16)31-21)20(26)23-14-5-4-10-22-12-14/h4-5,8-12,24H,2-3,6-7H2,1H3,(H,23,26). The van der Waals surface area contributed by atoms with Gasteiger partial charge in [0.05, 0.1) is 27.3 Å². The zero-order valence-corrected chi connectivity index (χ0v) is 18.8. The van der Waals surface area contributed by atoms with Crippen LogP contribution in [0.2, 0.25) is 0 Å². The first-order valence-corrected chi connectivity index (χ1v) is 12.2. The first-order valence-electron chi connectivity index (χ1n) is 9.90. The van der Waals surface area contributed by atoms with Gasteiger partial charge in [0, 0.05) is 23.2 Å². The van der Waals surface area contributed by atoms with E-state index in [2.05, 4.69) is 15.0 Å². The third-order valence-electron chi connectivity index (χ3n) is 5.22. The molecule has 2 N–H and O–H groups in total. The number of thiophene rings is 1. The Kier molecular flexibility index (Phi) is 5.94. The maximum atomic E-state index is 13.2. The number of sulfonamides is 1. The summed E-state index contributed by atoms with van der Waals surface area (Å²) in [6.45, 7) is 1.56. The van der Waals surface area contributed by atoms with Gasteiger partial charge in [-0.15, -0.1) is 11.3 Å². The van der Waals surface area contributed by atoms with Crippen molar-refractivity contribution in [2.24, 2.45) is 0 Å². The van der Waals surface area contributed by atoms with Crippen molar-refractivity contribution in [2.45, 2.75) is 37.5 Å². The molecule has 0 bridgehead atoms. The summed E-state index contributed by atoms with van der Waals surface area (Å²) in [4.78, 5) is 28.4. The lowest BCUT2D eigenvalue weighted by Gasteiger charge is -2.14. The summed E-state index contributed by atoms with van der Waals surface area (Å²) in [5.74, 6) is -0.425. The Bertz CT molecular complexity index is 1300. The van der Waals surface area contributed by atoms with Gasteiger partial charge in [0.15, 0.2) is 0 Å². The van der Waals surface area contributed by atoms with Gasteiger partial charge in [-0.25, -0.2) is 8.42 Å². The van der Waals surface area contributed by atoms with Crippen LogP contribution in [-0.4, -0.2) is 24.2 Å². The molecule has 166 valence electrons. The number of nitro benzene ring substituents is 1. The van der Waals surface area contributed by atoms with Gasteiger partial charge in [-0.1, -0.05) is 6.07 Å². The van der Waals surface area contributed by atoms with Gasteiger partial charge >= 0.3 is 0 Å². The van der Waals surface area contributed by atoms with Crippen molar-refractivity contribution in [3.8, 4) is 0 Å². The SMILES string of the molecule is Cc1ccc([N+](=O)[O-])cc1S(=O)(=O)Nc1sc2c(c1C(=O)Nc1cccnc1)CCCC2. The summed E-state index contributed by atoms with van der Waals surface area (Å²) in [7, 11) is -4.16. The Hall–Kier alpha value is -3.31. The number of anilines is 2. The number of pyridine rings is 1. The molecule has 3 aromatic rings. The van der Waals surface area contributed by atoms with Crippen LogP contribution in [0.4, 0.5) is 16.4 Å². The average molecular weight is 473 g/mol. The molecule has 0 spiro atoms. The predicted octanol–water partition coefficient (Wildman–Crippen LogP) is 4.29. The topological polar surface area (TPSA) is 131 Å². The molecule has 0 atom stereocenters. The Morgan fingerprint density at radius 1 is 1.22 bits per heavy atom. The summed E-state index contributed by atoms with van der Waals surface area (Å²) < 4.78 is 28.9. The molecule has 0 saturated heterocycles. The van der Waals surface area contributed by atoms with Crippen molar-refractivity contribution in [2.75, 3.05) is 10.0 Å². The number of benzene rings is 1. The molecule has 0 fully saturated rings. The molecule has 9 nitrogen and oxygen atoms in total. The second-order valence-corrected chi connectivity index (χ2v) is 10.2. The summed E-state index contributed by atoms with van der Waals surface area (Å²) in [5.41, 5.74) is 1.68. The van der Waals surface area contributed by atoms with E-state index < -0.39 is 20.9 Å². The van der Waals surface area contributed by atoms with E-state index in [1.54, 1.807) is 25.3 Å². The molecule has 1 amide bonds. The van der Waals surface area contributed by atoms with Crippen molar-refractivity contribution < 1.29 is 18.1 Å². The fourth-order valence-corrected chi connectivity index (χ4v) is 6.53. The smallest absolute Gasteiger partial charge is 0.270 e. The Morgan fingerprint density at radius 3 is 2.72 bits per heavy atom. The maximum Gasteiger partial charge on any atom is 0.270 e. The number of carbonyl (C=O) groups is 1. The summed E-state index contributed by atoms with van der Waals surface area (Å²) in [6, 6.07) is 7.06. The molecule has 4 rings (SSSR count). The van der Waals surface area contributed by atoms with Gasteiger partial charge < -0.3 is 5.32 Å². The van der Waals surface area contributed by atoms with Crippen molar-refractivity contribution in [3.05, 3.63) is 74.4 Å². The number of fused-ring (bicyclic) bond motifs is 1. The second kappa shape index (κ2) is 8.67. The molecule has 0 saturated carbocycles. The third kappa shape index (κ3) is 4.34. The number of carbonyl (C=O) groups excluding carboxylic acids is 1. The van der Waals surface area contributed by atoms with Crippen LogP contribution in [0.3, 0.4) is 0 Å². The molecule has 1 aromatic carbocycles. The molecular weight excluding hydrogens is 452 g/mol. The minimum atomic E-state index is -4.16. The Morgan fingerprint density at radius 2 is 2.00 bits per heavy atom. The molecule has 0 aliphatic heterocycles. The quantitative estimate of drug-likeness (QED) is 0.406. The number of non-ortho nitro benzene ring substituents is 1. The highest BCUT2D eigenvalue weighted by Crippen LogP contribution is 2.40. The number of rotatable bonds is 6. The van der Waals surface area contributed by atoms with E-state index in [0.717, 1.165) is 35.8 Å². The lowest BCUT2D eigenvalue weighted by Crippen LogP contribution is -2.19. The monoisotopic (exact) mass is 472 g/mol. The van der Waals surface area contributed by atoms with Crippen LogP contribution in [0.5, 0.6) is 0 Å². The van der Waals surface area contributed by atoms with Gasteiger partial charge in [-0.05, 0) is 55.9 Å². The molecule has 1 aliphatic rings. The first-order chi connectivity index (χ1) is 15.3. The highest BCUT2D eigenvalue weighted by molar-refractivity contribution is 7.93. The average Bonchev–Trinajstić information content (AvgIpc) is 3.11. The van der Waals surface area contributed by atoms with Crippen molar-refractivity contribution in [1.82, 2.24) is 4.98 Å². The van der Waals surface area contributed by atoms with Crippen LogP contribution in [0.1, 0.15) is 39.2 Å². The van der Waals surface area contributed by atoms with E-state index in [1.165, 1.54) is 29.7 Å². The Labute approximate surface area is 188 Å². The fraction of sp³-hybridized carbons (Fsp3) is 0.238. The molecule has 1 aliphatic carbocycles. The number of nitro groups is 1. The first kappa shape index (κ1) is 21.9. The zero-order valence-electron chi connectivity index (χ0n) is 17.1. The molecule has 32 heavy (non-hydrogen) atoms. The Balaban J connectivity index is 1.74. The molecule has 0 radical (unpaired) electrons. The lowest BCUT2D eigenvalue weighted by molar-refractivity contribution is -0.385. The van der Waals surface area contributed by atoms with Crippen LogP contribution >= 0.6 is 11.3 Å². The third-order valence-corrected chi connectivity index (χ3v) is 8.05. The lowest BCUT2D eigenvalue weighted by atomic mass is 9.95. The molecule has 0 unspecified atom stereocenters. The molecule has 2 aromatic heterocycles. The molecule has 11 heteroatoms. The normalized spacial score (nSPS) is 13.3. The van der Waals surface area contributed by atoms with Crippen molar-refractivity contribution in [1.29, 1.82) is 0 Å². The number of hydrogen-bond acceptors (Lipinski definition) is 7. The van der Waals surface area contributed by atoms with E-state index in [4.69, 9.17) is 0 Å². The van der Waals surface area contributed by atoms with Gasteiger partial charge in [0.1, 0.15) is 5.00 Å². The van der Waals surface area contributed by atoms with Crippen molar-refractivity contribution in [3.63, 3.8) is 0 Å². The highest BCUT2D eigenvalue weighted by atomic mass is 32.2. The van der Waals surface area contributed by atoms with E-state index in [-0.39, 0.29) is 15.6 Å². The molecular formula is C21H20N4O5S2. The van der Waals surface area contributed by atoms with Crippen LogP contribution in [0.25, 0.3) is 0 Å². The fourth-order valence-electron chi connectivity index (χ4n) is 3.68. The van der Waals surface area contributed by atoms with Crippen LogP contribution < -0.4 is 10.0 Å². The second-order valence-electron chi connectivity index (χ2n) is 7.42. The number of nitrogens with zero attached hydrogens (tertiary/aromatic N) is 2. The van der Waals surface area contributed by atoms with E-state index in [0.29, 0.717) is 23.2 Å². The zero-order chi connectivity index (χ0) is 22.9. The highest BCUT2D eigenvalue weighted by Gasteiger charge is 2.29. The summed E-state index contributed by atoms with van der Waals surface area (Å²) in [6.07, 6.45) is 6.42. The van der Waals surface area contributed by atoms with E-state index >= 15 is 0 Å². The van der Waals surface area contributed by atoms with Crippen LogP contribution in [-0.2, 0) is 22.9 Å². The van der Waals surface area contributed by atoms with Crippen molar-refractivity contribution >= 4 is 43.6 Å². The number of aromatic nitrogens is 1. The number of aryl methyl sites for hydroxylation is 2.